The second-order valence-electron chi connectivity index (χ2n) is 7.43. The standard InChI is InChI=1S/C18H21F7O2/c1-4-7-15(8-5-6-9-15)11-14(2,3)12(26)10-13(27)16(19,20)17(21,22)18(23,24)25/h5-6,8-9H,4,7,10-11H2,1-3H3. The van der Waals surface area contributed by atoms with Gasteiger partial charge in [-0.3, -0.25) is 9.59 Å². The number of Topliss-reactive ketones (excluding diaryl/α,β-unsaturated/α-hetero) is 2. The number of hydrogen-bond acceptors (Lipinski definition) is 2. The lowest BCUT2D eigenvalue weighted by atomic mass is 9.69. The molecule has 0 radical (unpaired) electrons. The van der Waals surface area contributed by atoms with E-state index < -0.39 is 46.8 Å². The van der Waals surface area contributed by atoms with Crippen molar-refractivity contribution in [1.29, 1.82) is 0 Å². The molecule has 0 fully saturated rings. The van der Waals surface area contributed by atoms with Gasteiger partial charge in [0.15, 0.2) is 0 Å². The van der Waals surface area contributed by atoms with Crippen LogP contribution in [-0.2, 0) is 9.59 Å². The van der Waals surface area contributed by atoms with E-state index in [2.05, 4.69) is 0 Å². The fourth-order valence-corrected chi connectivity index (χ4v) is 3.16. The van der Waals surface area contributed by atoms with E-state index in [1.54, 1.807) is 24.3 Å². The predicted octanol–water partition coefficient (Wildman–Crippen LogP) is 5.68. The first-order valence-electron chi connectivity index (χ1n) is 8.28. The SMILES string of the molecule is CCCC1(CC(C)(C)C(=O)CC(=O)C(F)(F)C(F)(F)C(F)(F)F)C=CC=C1. The van der Waals surface area contributed by atoms with Crippen molar-refractivity contribution in [2.45, 2.75) is 64.5 Å². The quantitative estimate of drug-likeness (QED) is 0.368. The molecule has 0 saturated heterocycles. The molecule has 0 amide bonds. The van der Waals surface area contributed by atoms with Crippen LogP contribution in [0.5, 0.6) is 0 Å². The molecule has 0 aromatic heterocycles. The number of alkyl halides is 7. The molecule has 0 aliphatic heterocycles. The first kappa shape index (κ1) is 23.4. The summed E-state index contributed by atoms with van der Waals surface area (Å²) in [5.41, 5.74) is -1.94. The van der Waals surface area contributed by atoms with Crippen LogP contribution in [0.3, 0.4) is 0 Å². The highest BCUT2D eigenvalue weighted by Gasteiger charge is 2.75. The van der Waals surface area contributed by atoms with Crippen molar-refractivity contribution in [3.8, 4) is 0 Å². The average Bonchev–Trinajstić information content (AvgIpc) is 2.93. The van der Waals surface area contributed by atoms with Gasteiger partial charge in [0, 0.05) is 10.8 Å². The maximum absolute atomic E-state index is 13.4. The molecule has 27 heavy (non-hydrogen) atoms. The van der Waals surface area contributed by atoms with Crippen molar-refractivity contribution in [3.05, 3.63) is 24.3 Å². The number of ketones is 2. The van der Waals surface area contributed by atoms with Gasteiger partial charge in [-0.2, -0.15) is 30.7 Å². The number of carbonyl (C=O) groups is 2. The van der Waals surface area contributed by atoms with Crippen molar-refractivity contribution in [2.24, 2.45) is 10.8 Å². The summed E-state index contributed by atoms with van der Waals surface area (Å²) < 4.78 is 89.4. The molecule has 154 valence electrons. The van der Waals surface area contributed by atoms with Gasteiger partial charge in [-0.25, -0.2) is 0 Å². The number of rotatable bonds is 9. The van der Waals surface area contributed by atoms with Gasteiger partial charge in [0.25, 0.3) is 0 Å². The van der Waals surface area contributed by atoms with Crippen LogP contribution in [0.15, 0.2) is 24.3 Å². The van der Waals surface area contributed by atoms with E-state index in [1.807, 2.05) is 6.92 Å². The van der Waals surface area contributed by atoms with Crippen molar-refractivity contribution < 1.29 is 40.3 Å². The van der Waals surface area contributed by atoms with Gasteiger partial charge in [-0.15, -0.1) is 0 Å². The number of carbonyl (C=O) groups excluding carboxylic acids is 2. The Morgan fingerprint density at radius 1 is 0.889 bits per heavy atom. The molecular formula is C18H21F7O2. The highest BCUT2D eigenvalue weighted by atomic mass is 19.4. The van der Waals surface area contributed by atoms with Gasteiger partial charge >= 0.3 is 18.0 Å². The van der Waals surface area contributed by atoms with Crippen LogP contribution >= 0.6 is 0 Å². The van der Waals surface area contributed by atoms with Gasteiger partial charge in [0.05, 0.1) is 6.42 Å². The fourth-order valence-electron chi connectivity index (χ4n) is 3.16. The van der Waals surface area contributed by atoms with E-state index >= 15 is 0 Å². The Hall–Kier alpha value is -1.67. The van der Waals surface area contributed by atoms with Crippen molar-refractivity contribution in [3.63, 3.8) is 0 Å². The summed E-state index contributed by atoms with van der Waals surface area (Å²) in [6, 6.07) is 0. The van der Waals surface area contributed by atoms with Crippen LogP contribution in [-0.4, -0.2) is 29.6 Å². The Morgan fingerprint density at radius 2 is 1.37 bits per heavy atom. The summed E-state index contributed by atoms with van der Waals surface area (Å²) in [6.07, 6.45) is 0.212. The molecule has 0 bridgehead atoms. The van der Waals surface area contributed by atoms with Gasteiger partial charge in [0.1, 0.15) is 5.78 Å². The Morgan fingerprint density at radius 3 is 1.78 bits per heavy atom. The van der Waals surface area contributed by atoms with E-state index in [0.29, 0.717) is 6.42 Å². The number of halogens is 7. The van der Waals surface area contributed by atoms with Gasteiger partial charge in [-0.05, 0) is 12.8 Å². The summed E-state index contributed by atoms with van der Waals surface area (Å²) in [6.45, 7) is 4.58. The zero-order chi connectivity index (χ0) is 21.3. The van der Waals surface area contributed by atoms with E-state index in [1.165, 1.54) is 13.8 Å². The van der Waals surface area contributed by atoms with Crippen molar-refractivity contribution >= 4 is 11.6 Å². The fraction of sp³-hybridized carbons (Fsp3) is 0.667. The van der Waals surface area contributed by atoms with Crippen LogP contribution in [0.2, 0.25) is 0 Å². The van der Waals surface area contributed by atoms with Crippen molar-refractivity contribution in [2.75, 3.05) is 0 Å². The minimum atomic E-state index is -6.62. The third-order valence-corrected chi connectivity index (χ3v) is 4.63. The van der Waals surface area contributed by atoms with Gasteiger partial charge in [0.2, 0.25) is 5.78 Å². The lowest BCUT2D eigenvalue weighted by Crippen LogP contribution is -2.56. The molecule has 0 heterocycles. The van der Waals surface area contributed by atoms with Crippen LogP contribution < -0.4 is 0 Å². The van der Waals surface area contributed by atoms with E-state index in [9.17, 15) is 40.3 Å². The van der Waals surface area contributed by atoms with E-state index in [4.69, 9.17) is 0 Å². The maximum atomic E-state index is 13.4. The van der Waals surface area contributed by atoms with Crippen LogP contribution in [0, 0.1) is 10.8 Å². The summed E-state index contributed by atoms with van der Waals surface area (Å²) in [5.74, 6) is -16.4. The Labute approximate surface area is 152 Å². The molecule has 0 aromatic rings. The molecule has 0 unspecified atom stereocenters. The van der Waals surface area contributed by atoms with E-state index in [0.717, 1.165) is 6.42 Å². The maximum Gasteiger partial charge on any atom is 0.460 e. The zero-order valence-corrected chi connectivity index (χ0v) is 15.1. The summed E-state index contributed by atoms with van der Waals surface area (Å²) in [4.78, 5) is 23.8. The van der Waals surface area contributed by atoms with Crippen LogP contribution in [0.25, 0.3) is 0 Å². The molecule has 0 N–H and O–H groups in total. The largest absolute Gasteiger partial charge is 0.460 e. The minimum Gasteiger partial charge on any atom is -0.299 e. The van der Waals surface area contributed by atoms with E-state index in [-0.39, 0.29) is 6.42 Å². The Kier molecular flexibility index (Phi) is 6.40. The molecule has 2 nitrogen and oxygen atoms in total. The predicted molar refractivity (Wildman–Crippen MR) is 84.6 cm³/mol. The summed E-state index contributed by atoms with van der Waals surface area (Å²) in [5, 5.41) is 0. The highest BCUT2D eigenvalue weighted by molar-refractivity contribution is 6.04. The molecule has 0 atom stereocenters. The number of hydrogen-bond donors (Lipinski definition) is 0. The van der Waals surface area contributed by atoms with Gasteiger partial charge < -0.3 is 0 Å². The van der Waals surface area contributed by atoms with Gasteiger partial charge in [-0.1, -0.05) is 51.5 Å². The molecule has 0 saturated carbocycles. The second-order valence-corrected chi connectivity index (χ2v) is 7.43. The van der Waals surface area contributed by atoms with Crippen LogP contribution in [0.1, 0.15) is 46.5 Å². The molecule has 1 aliphatic rings. The lowest BCUT2D eigenvalue weighted by molar-refractivity contribution is -0.343. The molecular weight excluding hydrogens is 381 g/mol. The zero-order valence-electron chi connectivity index (χ0n) is 15.1. The third-order valence-electron chi connectivity index (χ3n) is 4.63. The lowest BCUT2D eigenvalue weighted by Gasteiger charge is -2.34. The highest BCUT2D eigenvalue weighted by Crippen LogP contribution is 2.48. The minimum absolute atomic E-state index is 0.105. The summed E-state index contributed by atoms with van der Waals surface area (Å²) >= 11 is 0. The normalized spacial score (nSPS) is 17.4. The Balaban J connectivity index is 2.98. The molecule has 0 spiro atoms. The smallest absolute Gasteiger partial charge is 0.299 e. The third kappa shape index (κ3) is 4.60. The second kappa shape index (κ2) is 7.39. The average molecular weight is 402 g/mol. The first-order valence-corrected chi connectivity index (χ1v) is 8.28. The summed E-state index contributed by atoms with van der Waals surface area (Å²) in [7, 11) is 0. The molecule has 1 aliphatic carbocycles. The monoisotopic (exact) mass is 402 g/mol. The van der Waals surface area contributed by atoms with Crippen LogP contribution in [0.4, 0.5) is 30.7 Å². The molecule has 9 heteroatoms. The van der Waals surface area contributed by atoms with Crippen molar-refractivity contribution in [1.82, 2.24) is 0 Å². The first-order chi connectivity index (χ1) is 12.0. The Bertz CT molecular complexity index is 631. The number of allylic oxidation sites excluding steroid dienone is 4. The molecule has 1 rings (SSSR count). The topological polar surface area (TPSA) is 34.1 Å². The molecule has 0 aromatic carbocycles.